The summed E-state index contributed by atoms with van der Waals surface area (Å²) in [5.74, 6) is 2.11. The van der Waals surface area contributed by atoms with Crippen LogP contribution in [0.5, 0.6) is 5.75 Å². The highest BCUT2D eigenvalue weighted by atomic mass is 127. The van der Waals surface area contributed by atoms with Crippen LogP contribution in [-0.4, -0.2) is 12.9 Å². The van der Waals surface area contributed by atoms with Gasteiger partial charge in [-0.25, -0.2) is 0 Å². The summed E-state index contributed by atoms with van der Waals surface area (Å²) < 4.78 is 6.64. The molecule has 2 aliphatic rings. The minimum absolute atomic E-state index is 0.254. The van der Waals surface area contributed by atoms with Gasteiger partial charge in [-0.3, -0.25) is 4.79 Å². The number of halogens is 1. The zero-order valence-electron chi connectivity index (χ0n) is 8.42. The summed E-state index contributed by atoms with van der Waals surface area (Å²) in [5, 5.41) is 0. The molecule has 1 saturated carbocycles. The molecule has 1 aromatic carbocycles. The summed E-state index contributed by atoms with van der Waals surface area (Å²) in [5.41, 5.74) is 2.64. The lowest BCUT2D eigenvalue weighted by Crippen LogP contribution is -2.32. The summed E-state index contributed by atoms with van der Waals surface area (Å²) in [6, 6.07) is 4.10. The van der Waals surface area contributed by atoms with E-state index < -0.39 is 0 Å². The van der Waals surface area contributed by atoms with Gasteiger partial charge in [-0.05, 0) is 52.3 Å². The number of hydrogen-bond donors (Lipinski definition) is 0. The SMILES string of the molecule is COc1ccc(I)c2c1CC1C(=O)CC21. The maximum atomic E-state index is 11.4. The van der Waals surface area contributed by atoms with Gasteiger partial charge in [0.15, 0.2) is 0 Å². The number of methoxy groups -OCH3 is 1. The van der Waals surface area contributed by atoms with E-state index in [1.807, 2.05) is 6.07 Å². The van der Waals surface area contributed by atoms with Gasteiger partial charge in [0.25, 0.3) is 0 Å². The van der Waals surface area contributed by atoms with Gasteiger partial charge in [0.2, 0.25) is 0 Å². The lowest BCUT2D eigenvalue weighted by molar-refractivity contribution is -0.130. The van der Waals surface area contributed by atoms with Gasteiger partial charge in [0.1, 0.15) is 11.5 Å². The van der Waals surface area contributed by atoms with Crippen LogP contribution in [0.4, 0.5) is 0 Å². The Morgan fingerprint density at radius 2 is 2.13 bits per heavy atom. The molecule has 2 aliphatic carbocycles. The van der Waals surface area contributed by atoms with Crippen LogP contribution in [0.3, 0.4) is 0 Å². The third kappa shape index (κ3) is 1.19. The Morgan fingerprint density at radius 3 is 2.80 bits per heavy atom. The molecule has 0 amide bonds. The van der Waals surface area contributed by atoms with Crippen molar-refractivity contribution in [1.82, 2.24) is 0 Å². The van der Waals surface area contributed by atoms with Gasteiger partial charge in [-0.15, -0.1) is 0 Å². The van der Waals surface area contributed by atoms with Crippen LogP contribution in [0.25, 0.3) is 0 Å². The fraction of sp³-hybridized carbons (Fsp3) is 0.417. The highest BCUT2D eigenvalue weighted by Gasteiger charge is 2.47. The second-order valence-electron chi connectivity index (χ2n) is 4.23. The van der Waals surface area contributed by atoms with Crippen molar-refractivity contribution in [2.45, 2.75) is 18.8 Å². The van der Waals surface area contributed by atoms with Gasteiger partial charge < -0.3 is 4.74 Å². The zero-order chi connectivity index (χ0) is 10.6. The molecule has 1 fully saturated rings. The summed E-state index contributed by atoms with van der Waals surface area (Å²) in [6.45, 7) is 0. The van der Waals surface area contributed by atoms with Crippen LogP contribution in [0.1, 0.15) is 23.5 Å². The van der Waals surface area contributed by atoms with Crippen LogP contribution < -0.4 is 4.74 Å². The second-order valence-corrected chi connectivity index (χ2v) is 5.39. The van der Waals surface area contributed by atoms with E-state index in [0.29, 0.717) is 11.7 Å². The fourth-order valence-corrected chi connectivity index (χ4v) is 3.68. The first kappa shape index (κ1) is 9.63. The number of benzene rings is 1. The van der Waals surface area contributed by atoms with Crippen molar-refractivity contribution in [3.05, 3.63) is 26.8 Å². The van der Waals surface area contributed by atoms with Crippen LogP contribution >= 0.6 is 22.6 Å². The molecule has 3 rings (SSSR count). The average Bonchev–Trinajstić information content (AvgIpc) is 2.54. The maximum absolute atomic E-state index is 11.4. The lowest BCUT2D eigenvalue weighted by Gasteiger charge is -2.29. The summed E-state index contributed by atoms with van der Waals surface area (Å²) in [7, 11) is 1.70. The van der Waals surface area contributed by atoms with Crippen LogP contribution in [0.2, 0.25) is 0 Å². The highest BCUT2D eigenvalue weighted by Crippen LogP contribution is 2.52. The third-order valence-electron chi connectivity index (χ3n) is 3.60. The van der Waals surface area contributed by atoms with Crippen LogP contribution in [-0.2, 0) is 11.2 Å². The van der Waals surface area contributed by atoms with E-state index in [4.69, 9.17) is 4.74 Å². The number of hydrogen-bond acceptors (Lipinski definition) is 2. The molecule has 2 atom stereocenters. The normalized spacial score (nSPS) is 26.9. The van der Waals surface area contributed by atoms with Crippen LogP contribution in [0, 0.1) is 9.49 Å². The molecule has 0 saturated heterocycles. The Balaban J connectivity index is 2.15. The Morgan fingerprint density at radius 1 is 1.33 bits per heavy atom. The van der Waals surface area contributed by atoms with Crippen molar-refractivity contribution in [3.8, 4) is 5.75 Å². The topological polar surface area (TPSA) is 26.3 Å². The molecule has 0 heterocycles. The Bertz CT molecular complexity index is 453. The average molecular weight is 314 g/mol. The van der Waals surface area contributed by atoms with E-state index in [1.165, 1.54) is 14.7 Å². The molecule has 0 aliphatic heterocycles. The molecule has 0 radical (unpaired) electrons. The number of fused-ring (bicyclic) bond motifs is 3. The minimum atomic E-state index is 0.254. The minimum Gasteiger partial charge on any atom is -0.496 e. The summed E-state index contributed by atoms with van der Waals surface area (Å²) in [4.78, 5) is 11.4. The molecule has 0 aromatic heterocycles. The van der Waals surface area contributed by atoms with Crippen molar-refractivity contribution in [2.75, 3.05) is 7.11 Å². The molecule has 2 nitrogen and oxygen atoms in total. The van der Waals surface area contributed by atoms with Gasteiger partial charge in [0.05, 0.1) is 7.11 Å². The van der Waals surface area contributed by atoms with E-state index in [-0.39, 0.29) is 5.92 Å². The first-order valence-electron chi connectivity index (χ1n) is 5.10. The Labute approximate surface area is 102 Å². The quantitative estimate of drug-likeness (QED) is 0.745. The third-order valence-corrected chi connectivity index (χ3v) is 4.54. The molecule has 0 N–H and O–H groups in total. The summed E-state index contributed by atoms with van der Waals surface area (Å²) >= 11 is 2.36. The molecular weight excluding hydrogens is 303 g/mol. The number of ether oxygens (including phenoxy) is 1. The molecule has 0 spiro atoms. The largest absolute Gasteiger partial charge is 0.496 e. The Kier molecular flexibility index (Phi) is 2.06. The molecule has 15 heavy (non-hydrogen) atoms. The molecule has 1 aromatic rings. The Hall–Kier alpha value is -0.580. The van der Waals surface area contributed by atoms with Gasteiger partial charge >= 0.3 is 0 Å². The van der Waals surface area contributed by atoms with Crippen molar-refractivity contribution in [3.63, 3.8) is 0 Å². The second kappa shape index (κ2) is 3.20. The van der Waals surface area contributed by atoms with E-state index in [9.17, 15) is 4.79 Å². The van der Waals surface area contributed by atoms with E-state index in [0.717, 1.165) is 18.6 Å². The first-order valence-corrected chi connectivity index (χ1v) is 6.18. The number of carbonyl (C=O) groups is 1. The number of ketones is 1. The predicted octanol–water partition coefficient (Wildman–Crippen LogP) is 2.53. The highest BCUT2D eigenvalue weighted by molar-refractivity contribution is 14.1. The predicted molar refractivity (Wildman–Crippen MR) is 65.3 cm³/mol. The smallest absolute Gasteiger partial charge is 0.137 e. The number of carbonyl (C=O) groups excluding carboxylic acids is 1. The van der Waals surface area contributed by atoms with Crippen molar-refractivity contribution in [2.24, 2.45) is 5.92 Å². The van der Waals surface area contributed by atoms with Crippen molar-refractivity contribution >= 4 is 28.4 Å². The van der Waals surface area contributed by atoms with E-state index in [2.05, 4.69) is 28.7 Å². The first-order chi connectivity index (χ1) is 7.22. The molecular formula is C12H11IO2. The van der Waals surface area contributed by atoms with Gasteiger partial charge in [0, 0.05) is 21.8 Å². The monoisotopic (exact) mass is 314 g/mol. The number of Topliss-reactive ketones (excluding diaryl/α,β-unsaturated/α-hetero) is 1. The molecule has 78 valence electrons. The summed E-state index contributed by atoms with van der Waals surface area (Å²) in [6.07, 6.45) is 1.62. The number of rotatable bonds is 1. The molecule has 2 unspecified atom stereocenters. The van der Waals surface area contributed by atoms with Crippen molar-refractivity contribution in [1.29, 1.82) is 0 Å². The lowest BCUT2D eigenvalue weighted by atomic mass is 9.73. The maximum Gasteiger partial charge on any atom is 0.137 e. The zero-order valence-corrected chi connectivity index (χ0v) is 10.6. The molecule has 3 heteroatoms. The van der Waals surface area contributed by atoms with Gasteiger partial charge in [-0.1, -0.05) is 0 Å². The van der Waals surface area contributed by atoms with Crippen molar-refractivity contribution < 1.29 is 9.53 Å². The van der Waals surface area contributed by atoms with E-state index in [1.54, 1.807) is 7.11 Å². The standard InChI is InChI=1S/C12H11IO2/c1-15-11-3-2-9(13)12-7-5-10(14)6(7)4-8(11)12/h2-3,6-7H,4-5H2,1H3. The van der Waals surface area contributed by atoms with E-state index >= 15 is 0 Å². The van der Waals surface area contributed by atoms with Crippen LogP contribution in [0.15, 0.2) is 12.1 Å². The molecule has 0 bridgehead atoms. The van der Waals surface area contributed by atoms with Gasteiger partial charge in [-0.2, -0.15) is 0 Å². The fourth-order valence-electron chi connectivity index (χ4n) is 2.77.